The Hall–Kier alpha value is -1.35. The van der Waals surface area contributed by atoms with E-state index in [-0.39, 0.29) is 11.9 Å². The first-order valence-electron chi connectivity index (χ1n) is 7.18. The molecule has 1 heterocycles. The number of hydrogen-bond donors (Lipinski definition) is 1. The van der Waals surface area contributed by atoms with Crippen molar-refractivity contribution in [2.45, 2.75) is 45.7 Å². The number of hydrogen-bond acceptors (Lipinski definition) is 2. The highest BCUT2D eigenvalue weighted by atomic mass is 16.2. The zero-order valence-electron chi connectivity index (χ0n) is 11.9. The molecular weight excluding hydrogens is 236 g/mol. The van der Waals surface area contributed by atoms with Crippen molar-refractivity contribution in [1.29, 1.82) is 0 Å². The topological polar surface area (TPSA) is 46.3 Å². The van der Waals surface area contributed by atoms with Crippen LogP contribution in [0.2, 0.25) is 0 Å². The van der Waals surface area contributed by atoms with Gasteiger partial charge in [-0.3, -0.25) is 4.79 Å². The fourth-order valence-corrected chi connectivity index (χ4v) is 2.48. The Bertz CT molecular complexity index is 442. The van der Waals surface area contributed by atoms with Crippen LogP contribution in [0.4, 0.5) is 0 Å². The first-order chi connectivity index (χ1) is 9.08. The zero-order valence-corrected chi connectivity index (χ0v) is 11.9. The quantitative estimate of drug-likeness (QED) is 0.906. The van der Waals surface area contributed by atoms with Crippen molar-refractivity contribution < 1.29 is 4.79 Å². The maximum Gasteiger partial charge on any atom is 0.224 e. The van der Waals surface area contributed by atoms with Crippen LogP contribution in [0.15, 0.2) is 24.3 Å². The van der Waals surface area contributed by atoms with E-state index in [0.717, 1.165) is 25.9 Å². The lowest BCUT2D eigenvalue weighted by atomic mass is 10.0. The molecule has 0 spiro atoms. The molecule has 1 atom stereocenters. The third-order valence-corrected chi connectivity index (χ3v) is 3.97. The van der Waals surface area contributed by atoms with E-state index in [2.05, 4.69) is 32.0 Å². The lowest BCUT2D eigenvalue weighted by Crippen LogP contribution is -2.37. The number of carbonyl (C=O) groups excluding carboxylic acids is 1. The first kappa shape index (κ1) is 14.1. The van der Waals surface area contributed by atoms with Crippen LogP contribution in [-0.4, -0.2) is 23.4 Å². The summed E-state index contributed by atoms with van der Waals surface area (Å²) >= 11 is 0. The molecule has 104 valence electrons. The zero-order chi connectivity index (χ0) is 13.8. The fourth-order valence-electron chi connectivity index (χ4n) is 2.48. The molecule has 3 nitrogen and oxygen atoms in total. The highest BCUT2D eigenvalue weighted by molar-refractivity contribution is 5.77. The number of fused-ring (bicyclic) bond motifs is 1. The van der Waals surface area contributed by atoms with Crippen LogP contribution < -0.4 is 5.73 Å². The molecule has 1 aromatic rings. The van der Waals surface area contributed by atoms with Crippen LogP contribution in [0.1, 0.15) is 37.8 Å². The van der Waals surface area contributed by atoms with E-state index in [1.165, 1.54) is 11.1 Å². The SMILES string of the molecule is CC(C)C(N)CC(=O)N1CCCc2ccccc2C1. The van der Waals surface area contributed by atoms with Gasteiger partial charge >= 0.3 is 0 Å². The summed E-state index contributed by atoms with van der Waals surface area (Å²) in [6.45, 7) is 5.71. The average molecular weight is 260 g/mol. The summed E-state index contributed by atoms with van der Waals surface area (Å²) in [5, 5.41) is 0. The average Bonchev–Trinajstić information content (AvgIpc) is 2.60. The maximum atomic E-state index is 12.3. The van der Waals surface area contributed by atoms with Crippen LogP contribution >= 0.6 is 0 Å². The number of nitrogens with two attached hydrogens (primary N) is 1. The van der Waals surface area contributed by atoms with Crippen molar-refractivity contribution >= 4 is 5.91 Å². The van der Waals surface area contributed by atoms with Crippen LogP contribution in [0.5, 0.6) is 0 Å². The van der Waals surface area contributed by atoms with E-state index in [1.54, 1.807) is 0 Å². The number of aryl methyl sites for hydroxylation is 1. The number of rotatable bonds is 3. The molecule has 0 radical (unpaired) electrons. The monoisotopic (exact) mass is 260 g/mol. The minimum Gasteiger partial charge on any atom is -0.338 e. The van der Waals surface area contributed by atoms with Crippen LogP contribution in [-0.2, 0) is 17.8 Å². The van der Waals surface area contributed by atoms with E-state index in [4.69, 9.17) is 5.73 Å². The predicted molar refractivity (Wildman–Crippen MR) is 77.6 cm³/mol. The molecule has 19 heavy (non-hydrogen) atoms. The second-order valence-electron chi connectivity index (χ2n) is 5.80. The number of carbonyl (C=O) groups is 1. The van der Waals surface area contributed by atoms with Crippen molar-refractivity contribution in [3.05, 3.63) is 35.4 Å². The molecule has 0 aliphatic carbocycles. The predicted octanol–water partition coefficient (Wildman–Crippen LogP) is 2.33. The van der Waals surface area contributed by atoms with E-state index in [1.807, 2.05) is 11.0 Å². The third-order valence-electron chi connectivity index (χ3n) is 3.97. The van der Waals surface area contributed by atoms with Crippen molar-refractivity contribution in [1.82, 2.24) is 4.90 Å². The molecule has 1 aliphatic rings. The van der Waals surface area contributed by atoms with Gasteiger partial charge in [0.1, 0.15) is 0 Å². The standard InChI is InChI=1S/C16H24N2O/c1-12(2)15(17)10-16(19)18-9-5-8-13-6-3-4-7-14(13)11-18/h3-4,6-7,12,15H,5,8-11,17H2,1-2H3. The summed E-state index contributed by atoms with van der Waals surface area (Å²) in [6, 6.07) is 8.38. The normalized spacial score (nSPS) is 16.9. The number of benzene rings is 1. The maximum absolute atomic E-state index is 12.3. The Balaban J connectivity index is 2.04. The Morgan fingerprint density at radius 1 is 1.32 bits per heavy atom. The summed E-state index contributed by atoms with van der Waals surface area (Å²) in [5.41, 5.74) is 8.67. The molecule has 2 N–H and O–H groups in total. The molecule has 3 heteroatoms. The molecule has 1 amide bonds. The van der Waals surface area contributed by atoms with Gasteiger partial charge in [0.25, 0.3) is 0 Å². The second kappa shape index (κ2) is 6.20. The van der Waals surface area contributed by atoms with Gasteiger partial charge in [0.2, 0.25) is 5.91 Å². The van der Waals surface area contributed by atoms with E-state index >= 15 is 0 Å². The van der Waals surface area contributed by atoms with Gasteiger partial charge in [0, 0.05) is 25.6 Å². The van der Waals surface area contributed by atoms with Crippen LogP contribution in [0, 0.1) is 5.92 Å². The summed E-state index contributed by atoms with van der Waals surface area (Å²) in [5.74, 6) is 0.543. The summed E-state index contributed by atoms with van der Waals surface area (Å²) in [6.07, 6.45) is 2.57. The van der Waals surface area contributed by atoms with Gasteiger partial charge in [-0.25, -0.2) is 0 Å². The molecule has 2 rings (SSSR count). The Labute approximate surface area is 115 Å². The van der Waals surface area contributed by atoms with Crippen molar-refractivity contribution in [3.8, 4) is 0 Å². The molecule has 0 bridgehead atoms. The minimum absolute atomic E-state index is 0.0361. The minimum atomic E-state index is -0.0361. The molecular formula is C16H24N2O. The molecule has 0 fully saturated rings. The highest BCUT2D eigenvalue weighted by Gasteiger charge is 2.21. The van der Waals surface area contributed by atoms with Gasteiger partial charge in [0.05, 0.1) is 0 Å². The fraction of sp³-hybridized carbons (Fsp3) is 0.562. The van der Waals surface area contributed by atoms with Crippen molar-refractivity contribution in [2.24, 2.45) is 11.7 Å². The van der Waals surface area contributed by atoms with E-state index < -0.39 is 0 Å². The van der Waals surface area contributed by atoms with Crippen molar-refractivity contribution in [3.63, 3.8) is 0 Å². The van der Waals surface area contributed by atoms with Gasteiger partial charge < -0.3 is 10.6 Å². The molecule has 0 saturated heterocycles. The Morgan fingerprint density at radius 3 is 2.68 bits per heavy atom. The molecule has 1 aliphatic heterocycles. The summed E-state index contributed by atoms with van der Waals surface area (Å²) in [4.78, 5) is 14.3. The molecule has 1 unspecified atom stereocenters. The van der Waals surface area contributed by atoms with Gasteiger partial charge in [-0.15, -0.1) is 0 Å². The molecule has 1 aromatic carbocycles. The smallest absolute Gasteiger partial charge is 0.224 e. The highest BCUT2D eigenvalue weighted by Crippen LogP contribution is 2.19. The third kappa shape index (κ3) is 3.57. The lowest BCUT2D eigenvalue weighted by Gasteiger charge is -2.24. The Kier molecular flexibility index (Phi) is 4.59. The van der Waals surface area contributed by atoms with Crippen LogP contribution in [0.25, 0.3) is 0 Å². The first-order valence-corrected chi connectivity index (χ1v) is 7.18. The largest absolute Gasteiger partial charge is 0.338 e. The summed E-state index contributed by atoms with van der Waals surface area (Å²) < 4.78 is 0. The lowest BCUT2D eigenvalue weighted by molar-refractivity contribution is -0.132. The van der Waals surface area contributed by atoms with Gasteiger partial charge in [-0.05, 0) is 29.9 Å². The van der Waals surface area contributed by atoms with Gasteiger partial charge in [-0.2, -0.15) is 0 Å². The van der Waals surface area contributed by atoms with Crippen LogP contribution in [0.3, 0.4) is 0 Å². The number of nitrogens with zero attached hydrogens (tertiary/aromatic N) is 1. The van der Waals surface area contributed by atoms with Crippen molar-refractivity contribution in [2.75, 3.05) is 6.54 Å². The van der Waals surface area contributed by atoms with E-state index in [9.17, 15) is 4.79 Å². The van der Waals surface area contributed by atoms with Gasteiger partial charge in [0.15, 0.2) is 0 Å². The molecule has 0 saturated carbocycles. The Morgan fingerprint density at radius 2 is 2.00 bits per heavy atom. The molecule has 0 aromatic heterocycles. The van der Waals surface area contributed by atoms with E-state index in [0.29, 0.717) is 12.3 Å². The summed E-state index contributed by atoms with van der Waals surface area (Å²) in [7, 11) is 0. The number of amides is 1. The van der Waals surface area contributed by atoms with Gasteiger partial charge in [-0.1, -0.05) is 38.1 Å². The second-order valence-corrected chi connectivity index (χ2v) is 5.80.